The number of piperidine rings is 2. The molecular weight excluding hydrogens is 478 g/mol. The van der Waals surface area contributed by atoms with Gasteiger partial charge in [-0.15, -0.1) is 11.3 Å². The maximum atomic E-state index is 13.6. The highest BCUT2D eigenvalue weighted by Crippen LogP contribution is 2.35. The maximum absolute atomic E-state index is 13.6. The number of hydrogen-bond acceptors (Lipinski definition) is 7. The van der Waals surface area contributed by atoms with Crippen molar-refractivity contribution in [2.24, 2.45) is 23.5 Å². The first kappa shape index (κ1) is 24.8. The molecule has 2 aromatic heterocycles. The molecule has 0 spiro atoms. The van der Waals surface area contributed by atoms with Crippen molar-refractivity contribution in [1.29, 1.82) is 0 Å². The van der Waals surface area contributed by atoms with Gasteiger partial charge in [0.2, 0.25) is 21.8 Å². The minimum atomic E-state index is -3.89. The van der Waals surface area contributed by atoms with Gasteiger partial charge in [0.15, 0.2) is 0 Å². The molecule has 2 fully saturated rings. The van der Waals surface area contributed by atoms with Gasteiger partial charge in [-0.3, -0.25) is 19.0 Å². The van der Waals surface area contributed by atoms with Crippen molar-refractivity contribution in [2.45, 2.75) is 51.5 Å². The topological polar surface area (TPSA) is 136 Å². The first-order valence-corrected chi connectivity index (χ1v) is 13.8. The quantitative estimate of drug-likeness (QED) is 0.642. The lowest BCUT2D eigenvalue weighted by atomic mass is 9.94. The Bertz CT molecular complexity index is 1270. The van der Waals surface area contributed by atoms with Crippen LogP contribution in [0.15, 0.2) is 16.0 Å². The summed E-state index contributed by atoms with van der Waals surface area (Å²) >= 11 is 1.17. The van der Waals surface area contributed by atoms with E-state index in [1.165, 1.54) is 26.5 Å². The minimum Gasteiger partial charge on any atom is -0.369 e. The summed E-state index contributed by atoms with van der Waals surface area (Å²) in [6.07, 6.45) is 3.25. The number of sulfonamides is 1. The number of thiophene rings is 1. The SMILES string of the molecule is Cc1sc2ncn(CC(=O)N3CCC(C(N)=O)CC3)c(=O)c2c1S(=O)(=O)N1C[C@H](C)C[C@@H](C)C1. The van der Waals surface area contributed by atoms with E-state index in [4.69, 9.17) is 5.73 Å². The molecule has 2 amide bonds. The fourth-order valence-corrected chi connectivity index (χ4v) is 8.47. The number of fused-ring (bicyclic) bond motifs is 1. The summed E-state index contributed by atoms with van der Waals surface area (Å²) in [7, 11) is -3.89. The van der Waals surface area contributed by atoms with Gasteiger partial charge in [0.05, 0.1) is 11.7 Å². The van der Waals surface area contributed by atoms with Crippen molar-refractivity contribution in [2.75, 3.05) is 26.2 Å². The van der Waals surface area contributed by atoms with Crippen LogP contribution >= 0.6 is 11.3 Å². The van der Waals surface area contributed by atoms with Crippen LogP contribution in [0.2, 0.25) is 0 Å². The Kier molecular flexibility index (Phi) is 6.85. The summed E-state index contributed by atoms with van der Waals surface area (Å²) in [5.74, 6) is -0.422. The lowest BCUT2D eigenvalue weighted by Gasteiger charge is -2.34. The zero-order chi connectivity index (χ0) is 24.8. The molecular formula is C22H31N5O5S2. The number of rotatable bonds is 5. The van der Waals surface area contributed by atoms with Gasteiger partial charge in [0.1, 0.15) is 16.3 Å². The van der Waals surface area contributed by atoms with E-state index in [2.05, 4.69) is 4.98 Å². The Morgan fingerprint density at radius 1 is 1.18 bits per heavy atom. The summed E-state index contributed by atoms with van der Waals surface area (Å²) in [5, 5.41) is 0.0520. The molecule has 4 rings (SSSR count). The van der Waals surface area contributed by atoms with E-state index in [0.29, 0.717) is 48.7 Å². The normalized spacial score (nSPS) is 22.9. The average molecular weight is 510 g/mol. The van der Waals surface area contributed by atoms with Gasteiger partial charge >= 0.3 is 0 Å². The number of aromatic nitrogens is 2. The van der Waals surface area contributed by atoms with E-state index < -0.39 is 15.6 Å². The van der Waals surface area contributed by atoms with E-state index in [0.717, 1.165) is 6.42 Å². The third kappa shape index (κ3) is 4.63. The van der Waals surface area contributed by atoms with Gasteiger partial charge in [-0.1, -0.05) is 13.8 Å². The third-order valence-corrected chi connectivity index (χ3v) is 9.94. The lowest BCUT2D eigenvalue weighted by molar-refractivity contribution is -0.135. The van der Waals surface area contributed by atoms with Gasteiger partial charge in [-0.25, -0.2) is 13.4 Å². The molecule has 0 saturated carbocycles. The molecule has 10 nitrogen and oxygen atoms in total. The molecule has 2 aliphatic heterocycles. The number of carbonyl (C=O) groups excluding carboxylic acids is 2. The molecule has 2 aromatic rings. The van der Waals surface area contributed by atoms with E-state index in [1.54, 1.807) is 11.8 Å². The van der Waals surface area contributed by atoms with Crippen molar-refractivity contribution in [3.63, 3.8) is 0 Å². The standard InChI is InChI=1S/C22H31N5O5S2/c1-13-8-14(2)10-27(9-13)34(31,32)19-15(3)33-21-18(19)22(30)26(12-24-21)11-17(28)25-6-4-16(5-7-25)20(23)29/h12-14,16H,4-11H2,1-3H3,(H2,23,29)/t13-,14-/m1/s1. The summed E-state index contributed by atoms with van der Waals surface area (Å²) < 4.78 is 29.9. The fraction of sp³-hybridized carbons (Fsp3) is 0.636. The molecule has 0 aromatic carbocycles. The Morgan fingerprint density at radius 3 is 2.38 bits per heavy atom. The molecule has 2 atom stereocenters. The van der Waals surface area contributed by atoms with Crippen LogP contribution in [0.1, 0.15) is 38.0 Å². The Morgan fingerprint density at radius 2 is 1.79 bits per heavy atom. The van der Waals surface area contributed by atoms with Crippen LogP contribution < -0.4 is 11.3 Å². The maximum Gasteiger partial charge on any atom is 0.263 e. The van der Waals surface area contributed by atoms with Gasteiger partial charge in [0, 0.05) is 37.0 Å². The van der Waals surface area contributed by atoms with Crippen molar-refractivity contribution in [1.82, 2.24) is 18.8 Å². The van der Waals surface area contributed by atoms with E-state index in [-0.39, 0.29) is 46.4 Å². The van der Waals surface area contributed by atoms with Crippen LogP contribution in [0.4, 0.5) is 0 Å². The summed E-state index contributed by atoms with van der Waals surface area (Å²) in [4.78, 5) is 44.4. The Hall–Kier alpha value is -2.31. The first-order chi connectivity index (χ1) is 16.0. The van der Waals surface area contributed by atoms with Crippen molar-refractivity contribution in [3.8, 4) is 0 Å². The molecule has 0 bridgehead atoms. The average Bonchev–Trinajstić information content (AvgIpc) is 3.12. The van der Waals surface area contributed by atoms with E-state index in [1.807, 2.05) is 13.8 Å². The second-order valence-electron chi connectivity index (χ2n) is 9.67. The van der Waals surface area contributed by atoms with Crippen molar-refractivity contribution < 1.29 is 18.0 Å². The minimum absolute atomic E-state index is 0.00960. The zero-order valence-corrected chi connectivity index (χ0v) is 21.3. The highest BCUT2D eigenvalue weighted by Gasteiger charge is 2.36. The molecule has 4 heterocycles. The molecule has 2 N–H and O–H groups in total. The molecule has 186 valence electrons. The van der Waals surface area contributed by atoms with Crippen LogP contribution in [0.25, 0.3) is 10.2 Å². The van der Waals surface area contributed by atoms with Crippen LogP contribution in [-0.4, -0.2) is 65.2 Å². The second kappa shape index (κ2) is 9.38. The predicted molar refractivity (Wildman–Crippen MR) is 129 cm³/mol. The summed E-state index contributed by atoms with van der Waals surface area (Å²) in [5.41, 5.74) is 4.82. The number of nitrogens with zero attached hydrogens (tertiary/aromatic N) is 4. The highest BCUT2D eigenvalue weighted by molar-refractivity contribution is 7.89. The van der Waals surface area contributed by atoms with Gasteiger partial charge in [-0.05, 0) is 38.0 Å². The summed E-state index contributed by atoms with van der Waals surface area (Å²) in [6.45, 7) is 7.11. The zero-order valence-electron chi connectivity index (χ0n) is 19.7. The van der Waals surface area contributed by atoms with Gasteiger partial charge in [-0.2, -0.15) is 4.31 Å². The van der Waals surface area contributed by atoms with Crippen LogP contribution in [0.3, 0.4) is 0 Å². The van der Waals surface area contributed by atoms with Crippen LogP contribution in [0, 0.1) is 24.7 Å². The van der Waals surface area contributed by atoms with Crippen LogP contribution in [0.5, 0.6) is 0 Å². The smallest absolute Gasteiger partial charge is 0.263 e. The lowest BCUT2D eigenvalue weighted by Crippen LogP contribution is -2.44. The number of nitrogens with two attached hydrogens (primary N) is 1. The number of aryl methyl sites for hydroxylation is 1. The van der Waals surface area contributed by atoms with Gasteiger partial charge < -0.3 is 10.6 Å². The number of primary amides is 1. The third-order valence-electron chi connectivity index (χ3n) is 6.79. The van der Waals surface area contributed by atoms with E-state index in [9.17, 15) is 22.8 Å². The number of amides is 2. The summed E-state index contributed by atoms with van der Waals surface area (Å²) in [6, 6.07) is 0. The van der Waals surface area contributed by atoms with Gasteiger partial charge in [0.25, 0.3) is 5.56 Å². The predicted octanol–water partition coefficient (Wildman–Crippen LogP) is 1.16. The number of likely N-dealkylation sites (tertiary alicyclic amines) is 1. The van der Waals surface area contributed by atoms with Crippen molar-refractivity contribution in [3.05, 3.63) is 21.6 Å². The van der Waals surface area contributed by atoms with E-state index >= 15 is 0 Å². The Labute approximate surface area is 202 Å². The second-order valence-corrected chi connectivity index (χ2v) is 12.7. The largest absolute Gasteiger partial charge is 0.369 e. The first-order valence-electron chi connectivity index (χ1n) is 11.5. The Balaban J connectivity index is 1.64. The van der Waals surface area contributed by atoms with Crippen LogP contribution in [-0.2, 0) is 26.2 Å². The molecule has 2 aliphatic rings. The number of hydrogen-bond donors (Lipinski definition) is 1. The molecule has 0 unspecified atom stereocenters. The highest BCUT2D eigenvalue weighted by atomic mass is 32.2. The molecule has 0 aliphatic carbocycles. The number of carbonyl (C=O) groups is 2. The molecule has 2 saturated heterocycles. The fourth-order valence-electron chi connectivity index (χ4n) is 5.13. The molecule has 34 heavy (non-hydrogen) atoms. The monoisotopic (exact) mass is 509 g/mol. The van der Waals surface area contributed by atoms with Crippen molar-refractivity contribution >= 4 is 43.4 Å². The molecule has 12 heteroatoms. The molecule has 0 radical (unpaired) electrons.